The van der Waals surface area contributed by atoms with Gasteiger partial charge in [0, 0.05) is 11.4 Å². The lowest BCUT2D eigenvalue weighted by atomic mass is 9.77. The van der Waals surface area contributed by atoms with E-state index in [4.69, 9.17) is 0 Å². The van der Waals surface area contributed by atoms with E-state index in [1.165, 1.54) is 4.88 Å². The van der Waals surface area contributed by atoms with Crippen molar-refractivity contribution in [3.63, 3.8) is 0 Å². The first-order valence-electron chi connectivity index (χ1n) is 6.28. The van der Waals surface area contributed by atoms with Crippen molar-refractivity contribution in [1.82, 2.24) is 10.6 Å². The Morgan fingerprint density at radius 1 is 1.65 bits per heavy atom. The second-order valence-electron chi connectivity index (χ2n) is 4.68. The molecule has 94 valence electrons. The van der Waals surface area contributed by atoms with Gasteiger partial charge in [0.15, 0.2) is 0 Å². The van der Waals surface area contributed by atoms with Crippen LogP contribution >= 0.6 is 11.3 Å². The molecule has 0 aliphatic carbocycles. The molecule has 0 bridgehead atoms. The highest BCUT2D eigenvalue weighted by Crippen LogP contribution is 2.30. The van der Waals surface area contributed by atoms with Crippen molar-refractivity contribution in [2.75, 3.05) is 13.1 Å². The van der Waals surface area contributed by atoms with Crippen molar-refractivity contribution >= 4 is 17.2 Å². The molecule has 3 nitrogen and oxygen atoms in total. The first-order valence-corrected chi connectivity index (χ1v) is 7.16. The van der Waals surface area contributed by atoms with Crippen LogP contribution in [0.15, 0.2) is 17.5 Å². The zero-order valence-electron chi connectivity index (χ0n) is 10.3. The number of thiophene rings is 1. The third kappa shape index (κ3) is 2.87. The average Bonchev–Trinajstić information content (AvgIpc) is 2.90. The van der Waals surface area contributed by atoms with Gasteiger partial charge in [-0.1, -0.05) is 13.0 Å². The average molecular weight is 252 g/mol. The molecular weight excluding hydrogens is 232 g/mol. The minimum atomic E-state index is -0.185. The molecule has 1 aromatic heterocycles. The van der Waals surface area contributed by atoms with Crippen LogP contribution in [0.2, 0.25) is 0 Å². The van der Waals surface area contributed by atoms with E-state index in [9.17, 15) is 4.79 Å². The van der Waals surface area contributed by atoms with Crippen LogP contribution in [0, 0.1) is 5.41 Å². The van der Waals surface area contributed by atoms with Crippen LogP contribution in [0.1, 0.15) is 31.1 Å². The Bertz CT molecular complexity index is 356. The van der Waals surface area contributed by atoms with Gasteiger partial charge in [0.05, 0.1) is 12.0 Å². The Balaban J connectivity index is 1.93. The van der Waals surface area contributed by atoms with E-state index in [2.05, 4.69) is 23.6 Å². The summed E-state index contributed by atoms with van der Waals surface area (Å²) in [6.45, 7) is 4.63. The highest BCUT2D eigenvalue weighted by Gasteiger charge is 2.37. The zero-order valence-corrected chi connectivity index (χ0v) is 11.1. The molecule has 1 saturated heterocycles. The number of amides is 1. The summed E-state index contributed by atoms with van der Waals surface area (Å²) in [5, 5.41) is 8.46. The molecule has 4 heteroatoms. The number of carbonyl (C=O) groups is 1. The molecule has 1 unspecified atom stereocenters. The van der Waals surface area contributed by atoms with Gasteiger partial charge in [0.2, 0.25) is 5.91 Å². The van der Waals surface area contributed by atoms with Gasteiger partial charge in [-0.15, -0.1) is 11.3 Å². The number of nitrogens with one attached hydrogen (secondary N) is 2. The summed E-state index contributed by atoms with van der Waals surface area (Å²) in [7, 11) is 0. The van der Waals surface area contributed by atoms with Gasteiger partial charge in [-0.3, -0.25) is 4.79 Å². The van der Waals surface area contributed by atoms with Crippen LogP contribution < -0.4 is 10.6 Å². The van der Waals surface area contributed by atoms with Crippen LogP contribution in [0.25, 0.3) is 0 Å². The SMILES string of the molecule is CCC1(C(=O)NCc2cccs2)CCCNC1. The summed E-state index contributed by atoms with van der Waals surface area (Å²) in [6.07, 6.45) is 3.02. The van der Waals surface area contributed by atoms with Gasteiger partial charge in [-0.2, -0.15) is 0 Å². The fourth-order valence-corrected chi connectivity index (χ4v) is 3.04. The van der Waals surface area contributed by atoms with E-state index in [0.717, 1.165) is 32.4 Å². The summed E-state index contributed by atoms with van der Waals surface area (Å²) in [5.41, 5.74) is -0.185. The Labute approximate surface area is 107 Å². The van der Waals surface area contributed by atoms with Gasteiger partial charge >= 0.3 is 0 Å². The largest absolute Gasteiger partial charge is 0.351 e. The van der Waals surface area contributed by atoms with Crippen LogP contribution in [-0.4, -0.2) is 19.0 Å². The Morgan fingerprint density at radius 2 is 2.53 bits per heavy atom. The molecule has 0 radical (unpaired) electrons. The third-order valence-corrected chi connectivity index (χ3v) is 4.51. The summed E-state index contributed by atoms with van der Waals surface area (Å²) in [6, 6.07) is 4.08. The van der Waals surface area contributed by atoms with E-state index in [1.54, 1.807) is 11.3 Å². The summed E-state index contributed by atoms with van der Waals surface area (Å²) < 4.78 is 0. The maximum Gasteiger partial charge on any atom is 0.227 e. The van der Waals surface area contributed by atoms with Crippen LogP contribution in [-0.2, 0) is 11.3 Å². The number of carbonyl (C=O) groups excluding carboxylic acids is 1. The number of hydrogen-bond acceptors (Lipinski definition) is 3. The summed E-state index contributed by atoms with van der Waals surface area (Å²) in [5.74, 6) is 0.209. The van der Waals surface area contributed by atoms with E-state index in [0.29, 0.717) is 6.54 Å². The molecule has 17 heavy (non-hydrogen) atoms. The molecule has 1 aliphatic heterocycles. The van der Waals surface area contributed by atoms with Gasteiger partial charge in [0.1, 0.15) is 0 Å². The van der Waals surface area contributed by atoms with E-state index >= 15 is 0 Å². The van der Waals surface area contributed by atoms with E-state index in [1.807, 2.05) is 11.4 Å². The smallest absolute Gasteiger partial charge is 0.227 e. The predicted octanol–water partition coefficient (Wildman–Crippen LogP) is 2.14. The molecule has 1 fully saturated rings. The van der Waals surface area contributed by atoms with Crippen LogP contribution in [0.4, 0.5) is 0 Å². The third-order valence-electron chi connectivity index (χ3n) is 3.63. The summed E-state index contributed by atoms with van der Waals surface area (Å²) in [4.78, 5) is 13.5. The standard InChI is InChI=1S/C13H20N2OS/c1-2-13(6-4-7-14-10-13)12(16)15-9-11-5-3-8-17-11/h3,5,8,14H,2,4,6-7,9-10H2,1H3,(H,15,16). The minimum absolute atomic E-state index is 0.185. The number of rotatable bonds is 4. The molecular formula is C13H20N2OS. The quantitative estimate of drug-likeness (QED) is 0.862. The van der Waals surface area contributed by atoms with Crippen LogP contribution in [0.3, 0.4) is 0 Å². The molecule has 1 amide bonds. The Kier molecular flexibility index (Phi) is 4.18. The molecule has 1 atom stereocenters. The Hall–Kier alpha value is -0.870. The Morgan fingerprint density at radius 3 is 3.12 bits per heavy atom. The number of hydrogen-bond donors (Lipinski definition) is 2. The van der Waals surface area contributed by atoms with Gasteiger partial charge in [-0.25, -0.2) is 0 Å². The molecule has 2 rings (SSSR count). The van der Waals surface area contributed by atoms with E-state index in [-0.39, 0.29) is 11.3 Å². The van der Waals surface area contributed by atoms with E-state index < -0.39 is 0 Å². The molecule has 0 spiro atoms. The first kappa shape index (κ1) is 12.6. The molecule has 2 heterocycles. The second-order valence-corrected chi connectivity index (χ2v) is 5.71. The van der Waals surface area contributed by atoms with Gasteiger partial charge in [-0.05, 0) is 37.3 Å². The molecule has 0 aromatic carbocycles. The highest BCUT2D eigenvalue weighted by molar-refractivity contribution is 7.09. The van der Waals surface area contributed by atoms with Crippen LogP contribution in [0.5, 0.6) is 0 Å². The van der Waals surface area contributed by atoms with Crippen molar-refractivity contribution in [3.05, 3.63) is 22.4 Å². The predicted molar refractivity (Wildman–Crippen MR) is 71.0 cm³/mol. The zero-order chi connectivity index (χ0) is 12.1. The topological polar surface area (TPSA) is 41.1 Å². The molecule has 1 aliphatic rings. The molecule has 0 saturated carbocycles. The monoisotopic (exact) mass is 252 g/mol. The first-order chi connectivity index (χ1) is 8.27. The number of piperidine rings is 1. The minimum Gasteiger partial charge on any atom is -0.351 e. The van der Waals surface area contributed by atoms with Crippen molar-refractivity contribution in [3.8, 4) is 0 Å². The fourth-order valence-electron chi connectivity index (χ4n) is 2.39. The maximum absolute atomic E-state index is 12.3. The molecule has 1 aromatic rings. The molecule has 2 N–H and O–H groups in total. The maximum atomic E-state index is 12.3. The lowest BCUT2D eigenvalue weighted by Gasteiger charge is -2.35. The van der Waals surface area contributed by atoms with Crippen molar-refractivity contribution in [2.45, 2.75) is 32.7 Å². The summed E-state index contributed by atoms with van der Waals surface area (Å²) >= 11 is 1.69. The highest BCUT2D eigenvalue weighted by atomic mass is 32.1. The van der Waals surface area contributed by atoms with Gasteiger partial charge < -0.3 is 10.6 Å². The van der Waals surface area contributed by atoms with Crippen molar-refractivity contribution in [2.24, 2.45) is 5.41 Å². The fraction of sp³-hybridized carbons (Fsp3) is 0.615. The van der Waals surface area contributed by atoms with Crippen molar-refractivity contribution in [1.29, 1.82) is 0 Å². The lowest BCUT2D eigenvalue weighted by Crippen LogP contribution is -2.49. The van der Waals surface area contributed by atoms with Crippen molar-refractivity contribution < 1.29 is 4.79 Å². The normalized spacial score (nSPS) is 24.5. The van der Waals surface area contributed by atoms with Gasteiger partial charge in [0.25, 0.3) is 0 Å². The lowest BCUT2D eigenvalue weighted by molar-refractivity contribution is -0.132. The second kappa shape index (κ2) is 5.65.